The number of carbonyl (C=O) groups is 2. The summed E-state index contributed by atoms with van der Waals surface area (Å²) in [6.45, 7) is 1.33. The van der Waals surface area contributed by atoms with Crippen molar-refractivity contribution in [3.8, 4) is 6.07 Å². The van der Waals surface area contributed by atoms with Crippen LogP contribution in [0.5, 0.6) is 0 Å². The number of nitrogens with zero attached hydrogens (tertiary/aromatic N) is 1. The second-order valence-electron chi connectivity index (χ2n) is 3.30. The monoisotopic (exact) mass is 217 g/mol. The third-order valence-corrected chi connectivity index (χ3v) is 2.22. The van der Waals surface area contributed by atoms with Crippen molar-refractivity contribution in [3.63, 3.8) is 0 Å². The number of ketones is 1. The fraction of sp³-hybridized carbons (Fsp3) is 0.250. The highest BCUT2D eigenvalue weighted by molar-refractivity contribution is 6.03. The van der Waals surface area contributed by atoms with Crippen LogP contribution in [0.15, 0.2) is 24.3 Å². The van der Waals surface area contributed by atoms with Gasteiger partial charge in [0.05, 0.1) is 18.7 Å². The fourth-order valence-electron chi connectivity index (χ4n) is 1.40. The third-order valence-electron chi connectivity index (χ3n) is 2.22. The molecule has 16 heavy (non-hydrogen) atoms. The molecule has 1 rings (SSSR count). The van der Waals surface area contributed by atoms with Gasteiger partial charge in [0.1, 0.15) is 11.7 Å². The lowest BCUT2D eigenvalue weighted by atomic mass is 9.95. The standard InChI is InChI=1S/C12H11NO3/c1-8(14)11(12(15)16-2)10-5-3-9(7-13)4-6-10/h3-6,11H,1-2H3. The van der Waals surface area contributed by atoms with Crippen LogP contribution in [0.2, 0.25) is 0 Å². The van der Waals surface area contributed by atoms with Gasteiger partial charge in [0.25, 0.3) is 0 Å². The highest BCUT2D eigenvalue weighted by Gasteiger charge is 2.25. The van der Waals surface area contributed by atoms with Crippen LogP contribution in [0.1, 0.15) is 24.0 Å². The minimum Gasteiger partial charge on any atom is -0.468 e. The lowest BCUT2D eigenvalue weighted by Crippen LogP contribution is -2.21. The van der Waals surface area contributed by atoms with Crippen molar-refractivity contribution in [2.45, 2.75) is 12.8 Å². The molecule has 1 aromatic carbocycles. The van der Waals surface area contributed by atoms with Crippen molar-refractivity contribution < 1.29 is 14.3 Å². The van der Waals surface area contributed by atoms with E-state index >= 15 is 0 Å². The molecule has 0 amide bonds. The Morgan fingerprint density at radius 2 is 1.88 bits per heavy atom. The molecule has 0 spiro atoms. The molecule has 82 valence electrons. The molecule has 0 aromatic heterocycles. The number of hydrogen-bond donors (Lipinski definition) is 0. The average Bonchev–Trinajstić information content (AvgIpc) is 2.29. The van der Waals surface area contributed by atoms with Gasteiger partial charge in [0.15, 0.2) is 0 Å². The predicted molar refractivity (Wildman–Crippen MR) is 56.6 cm³/mol. The first kappa shape index (κ1) is 11.9. The molecule has 0 aliphatic carbocycles. The van der Waals surface area contributed by atoms with Crippen molar-refractivity contribution in [1.29, 1.82) is 5.26 Å². The predicted octanol–water partition coefficient (Wildman–Crippen LogP) is 1.40. The molecule has 1 unspecified atom stereocenters. The van der Waals surface area contributed by atoms with Crippen LogP contribution in [-0.2, 0) is 14.3 Å². The SMILES string of the molecule is COC(=O)C(C(C)=O)c1ccc(C#N)cc1. The van der Waals surface area contributed by atoms with E-state index in [4.69, 9.17) is 5.26 Å². The van der Waals surface area contributed by atoms with Crippen molar-refractivity contribution in [2.75, 3.05) is 7.11 Å². The number of ether oxygens (including phenoxy) is 1. The Balaban J connectivity index is 3.08. The molecule has 0 bridgehead atoms. The Bertz CT molecular complexity index is 442. The number of benzene rings is 1. The molecule has 0 heterocycles. The summed E-state index contributed by atoms with van der Waals surface area (Å²) < 4.78 is 4.56. The van der Waals surface area contributed by atoms with E-state index in [2.05, 4.69) is 4.74 Å². The van der Waals surface area contributed by atoms with Crippen LogP contribution < -0.4 is 0 Å². The van der Waals surface area contributed by atoms with Gasteiger partial charge >= 0.3 is 5.97 Å². The van der Waals surface area contributed by atoms with Gasteiger partial charge in [-0.25, -0.2) is 0 Å². The second kappa shape index (κ2) is 5.08. The first-order valence-corrected chi connectivity index (χ1v) is 4.68. The van der Waals surface area contributed by atoms with Crippen molar-refractivity contribution in [3.05, 3.63) is 35.4 Å². The molecule has 0 fully saturated rings. The first-order chi connectivity index (χ1) is 7.60. The van der Waals surface area contributed by atoms with E-state index in [0.29, 0.717) is 11.1 Å². The van der Waals surface area contributed by atoms with Crippen LogP contribution in [0.3, 0.4) is 0 Å². The quantitative estimate of drug-likeness (QED) is 0.567. The second-order valence-corrected chi connectivity index (χ2v) is 3.30. The van der Waals surface area contributed by atoms with Gasteiger partial charge in [-0.3, -0.25) is 9.59 Å². The Kier molecular flexibility index (Phi) is 3.78. The number of esters is 1. The smallest absolute Gasteiger partial charge is 0.320 e. The summed E-state index contributed by atoms with van der Waals surface area (Å²) in [7, 11) is 1.24. The zero-order chi connectivity index (χ0) is 12.1. The van der Waals surface area contributed by atoms with E-state index in [1.165, 1.54) is 14.0 Å². The van der Waals surface area contributed by atoms with E-state index in [1.807, 2.05) is 6.07 Å². The van der Waals surface area contributed by atoms with Crippen LogP contribution in [0.4, 0.5) is 0 Å². The summed E-state index contributed by atoms with van der Waals surface area (Å²) in [5.41, 5.74) is 1.02. The number of methoxy groups -OCH3 is 1. The van der Waals surface area contributed by atoms with E-state index < -0.39 is 11.9 Å². The van der Waals surface area contributed by atoms with Gasteiger partial charge in [-0.15, -0.1) is 0 Å². The molecule has 0 radical (unpaired) electrons. The van der Waals surface area contributed by atoms with Gasteiger partial charge in [-0.05, 0) is 24.6 Å². The molecule has 1 atom stereocenters. The van der Waals surface area contributed by atoms with E-state index in [1.54, 1.807) is 24.3 Å². The third kappa shape index (κ3) is 2.45. The van der Waals surface area contributed by atoms with E-state index in [-0.39, 0.29) is 5.78 Å². The fourth-order valence-corrected chi connectivity index (χ4v) is 1.40. The minimum absolute atomic E-state index is 0.281. The van der Waals surface area contributed by atoms with Crippen LogP contribution in [-0.4, -0.2) is 18.9 Å². The number of nitriles is 1. The molecular weight excluding hydrogens is 206 g/mol. The van der Waals surface area contributed by atoms with Gasteiger partial charge in [0.2, 0.25) is 0 Å². The number of rotatable bonds is 3. The highest BCUT2D eigenvalue weighted by Crippen LogP contribution is 2.19. The van der Waals surface area contributed by atoms with Gasteiger partial charge in [0, 0.05) is 0 Å². The van der Waals surface area contributed by atoms with Gasteiger partial charge < -0.3 is 4.74 Å². The molecule has 4 heteroatoms. The normalized spacial score (nSPS) is 11.3. The maximum Gasteiger partial charge on any atom is 0.320 e. The lowest BCUT2D eigenvalue weighted by Gasteiger charge is -2.11. The molecule has 0 saturated heterocycles. The highest BCUT2D eigenvalue weighted by atomic mass is 16.5. The Morgan fingerprint density at radius 3 is 2.25 bits per heavy atom. The van der Waals surface area contributed by atoms with E-state index in [9.17, 15) is 9.59 Å². The Labute approximate surface area is 93.5 Å². The van der Waals surface area contributed by atoms with Crippen molar-refractivity contribution >= 4 is 11.8 Å². The van der Waals surface area contributed by atoms with Crippen molar-refractivity contribution in [2.24, 2.45) is 0 Å². The van der Waals surface area contributed by atoms with E-state index in [0.717, 1.165) is 0 Å². The maximum absolute atomic E-state index is 11.4. The van der Waals surface area contributed by atoms with Crippen LogP contribution in [0.25, 0.3) is 0 Å². The lowest BCUT2D eigenvalue weighted by molar-refractivity contribution is -0.145. The summed E-state index contributed by atoms with van der Waals surface area (Å²) in [4.78, 5) is 22.7. The maximum atomic E-state index is 11.4. The zero-order valence-electron chi connectivity index (χ0n) is 9.06. The Morgan fingerprint density at radius 1 is 1.31 bits per heavy atom. The molecular formula is C12H11NO3. The topological polar surface area (TPSA) is 67.2 Å². The van der Waals surface area contributed by atoms with Gasteiger partial charge in [-0.2, -0.15) is 5.26 Å². The number of Topliss-reactive ketones (excluding diaryl/α,β-unsaturated/α-hetero) is 1. The molecule has 4 nitrogen and oxygen atoms in total. The Hall–Kier alpha value is -2.15. The zero-order valence-corrected chi connectivity index (χ0v) is 9.06. The average molecular weight is 217 g/mol. The van der Waals surface area contributed by atoms with Crippen molar-refractivity contribution in [1.82, 2.24) is 0 Å². The summed E-state index contributed by atoms with van der Waals surface area (Å²) in [6, 6.07) is 8.26. The number of carbonyl (C=O) groups excluding carboxylic acids is 2. The summed E-state index contributed by atoms with van der Waals surface area (Å²) in [6.07, 6.45) is 0. The summed E-state index contributed by atoms with van der Waals surface area (Å²) in [5.74, 6) is -1.77. The first-order valence-electron chi connectivity index (χ1n) is 4.68. The molecule has 1 aromatic rings. The largest absolute Gasteiger partial charge is 0.468 e. The summed E-state index contributed by atoms with van der Waals surface area (Å²) in [5, 5.41) is 8.62. The van der Waals surface area contributed by atoms with Crippen LogP contribution >= 0.6 is 0 Å². The summed E-state index contributed by atoms with van der Waals surface area (Å²) >= 11 is 0. The molecule has 0 saturated carbocycles. The van der Waals surface area contributed by atoms with Gasteiger partial charge in [-0.1, -0.05) is 12.1 Å². The number of hydrogen-bond acceptors (Lipinski definition) is 4. The molecule has 0 aliphatic rings. The minimum atomic E-state index is -0.905. The molecule has 0 N–H and O–H groups in total. The van der Waals surface area contributed by atoms with Crippen LogP contribution in [0, 0.1) is 11.3 Å². The molecule has 0 aliphatic heterocycles.